The Kier molecular flexibility index (Phi) is 14.5. The van der Waals surface area contributed by atoms with E-state index in [1.54, 1.807) is 24.3 Å². The minimum atomic E-state index is -1.07. The van der Waals surface area contributed by atoms with E-state index >= 15 is 0 Å². The summed E-state index contributed by atoms with van der Waals surface area (Å²) in [6.07, 6.45) is 11.1. The van der Waals surface area contributed by atoms with Crippen LogP contribution in [-0.2, 0) is 19.1 Å². The third-order valence-corrected chi connectivity index (χ3v) is 7.50. The fraction of sp³-hybridized carbons (Fsp3) is 0.412. The van der Waals surface area contributed by atoms with E-state index in [4.69, 9.17) is 42.1 Å². The molecule has 0 aliphatic heterocycles. The van der Waals surface area contributed by atoms with Gasteiger partial charge < -0.3 is 18.9 Å². The van der Waals surface area contributed by atoms with Crippen LogP contribution in [0.1, 0.15) is 98.8 Å². The third kappa shape index (κ3) is 10.2. The van der Waals surface area contributed by atoms with Crippen LogP contribution in [0.25, 0.3) is 0 Å². The van der Waals surface area contributed by atoms with Gasteiger partial charge in [-0.05, 0) is 61.4 Å². The predicted octanol–water partition coefficient (Wildman–Crippen LogP) is 8.45. The molecule has 3 rings (SSSR count). The van der Waals surface area contributed by atoms with Crippen molar-refractivity contribution in [2.24, 2.45) is 0 Å². The van der Waals surface area contributed by atoms with E-state index in [-0.39, 0.29) is 11.1 Å². The van der Waals surface area contributed by atoms with E-state index < -0.39 is 45.1 Å². The maximum absolute atomic E-state index is 12.9. The SMILES string of the molecule is CCCCCCCOc1ccc(C(=O)OC2=C(Cl)C(=O)C(OC(=O)c3ccc(OCCCCCCC)cc3)=C(Cl)C2=O)cc1. The number of hydrogen-bond acceptors (Lipinski definition) is 8. The van der Waals surface area contributed by atoms with Crippen LogP contribution in [-0.4, -0.2) is 36.7 Å². The summed E-state index contributed by atoms with van der Waals surface area (Å²) in [5, 5.41) is -1.47. The number of ether oxygens (including phenoxy) is 4. The molecule has 0 bridgehead atoms. The number of carbonyl (C=O) groups is 4. The highest BCUT2D eigenvalue weighted by Crippen LogP contribution is 2.32. The molecule has 0 radical (unpaired) electrons. The molecule has 0 fully saturated rings. The summed E-state index contributed by atoms with van der Waals surface area (Å²) in [7, 11) is 0. The molecular weight excluding hydrogens is 607 g/mol. The lowest BCUT2D eigenvalue weighted by Gasteiger charge is -2.17. The molecule has 8 nitrogen and oxygen atoms in total. The molecule has 0 saturated heterocycles. The zero-order valence-corrected chi connectivity index (χ0v) is 26.6. The van der Waals surface area contributed by atoms with Crippen LogP contribution in [0, 0.1) is 0 Å². The van der Waals surface area contributed by atoms with Crippen LogP contribution in [0.3, 0.4) is 0 Å². The van der Waals surface area contributed by atoms with Crippen molar-refractivity contribution < 1.29 is 38.1 Å². The van der Waals surface area contributed by atoms with Gasteiger partial charge in [-0.15, -0.1) is 0 Å². The van der Waals surface area contributed by atoms with Crippen LogP contribution in [0.5, 0.6) is 11.5 Å². The van der Waals surface area contributed by atoms with Gasteiger partial charge in [0.15, 0.2) is 0 Å². The van der Waals surface area contributed by atoms with Gasteiger partial charge in [-0.2, -0.15) is 0 Å². The highest BCUT2D eigenvalue weighted by molar-refractivity contribution is 6.55. The number of benzene rings is 2. The smallest absolute Gasteiger partial charge is 0.343 e. The normalized spacial score (nSPS) is 13.3. The van der Waals surface area contributed by atoms with Crippen LogP contribution in [0.15, 0.2) is 70.1 Å². The Balaban J connectivity index is 1.55. The summed E-state index contributed by atoms with van der Waals surface area (Å²) in [6, 6.07) is 12.3. The number of carbonyl (C=O) groups excluding carboxylic acids is 4. The Hall–Kier alpha value is -3.62. The van der Waals surface area contributed by atoms with Gasteiger partial charge in [-0.1, -0.05) is 88.4 Å². The molecule has 0 saturated carbocycles. The molecule has 236 valence electrons. The summed E-state index contributed by atoms with van der Waals surface area (Å²) in [5.74, 6) is -4.36. The number of Topliss-reactive ketones (excluding diaryl/α,β-unsaturated/α-hetero) is 2. The molecule has 10 heteroatoms. The van der Waals surface area contributed by atoms with Crippen molar-refractivity contribution in [3.05, 3.63) is 81.2 Å². The van der Waals surface area contributed by atoms with Crippen LogP contribution in [0.4, 0.5) is 0 Å². The molecule has 44 heavy (non-hydrogen) atoms. The zero-order chi connectivity index (χ0) is 31.9. The molecule has 0 spiro atoms. The summed E-state index contributed by atoms with van der Waals surface area (Å²) >= 11 is 12.2. The first-order chi connectivity index (χ1) is 21.3. The average molecular weight is 646 g/mol. The number of rotatable bonds is 18. The second-order valence-electron chi connectivity index (χ2n) is 10.3. The lowest BCUT2D eigenvalue weighted by Crippen LogP contribution is -2.26. The van der Waals surface area contributed by atoms with Gasteiger partial charge in [0.25, 0.3) is 0 Å². The fourth-order valence-electron chi connectivity index (χ4n) is 4.26. The topological polar surface area (TPSA) is 105 Å². The standard InChI is InChI=1S/C34H38Cl2O8/c1-3-5-7-9-11-21-41-25-17-13-23(14-18-25)33(39)43-31-27(35)30(38)32(28(36)29(31)37)44-34(40)24-15-19-26(20-16-24)42-22-12-10-8-6-4-2/h13-20H,3-12,21-22H2,1-2H3. The molecule has 2 aromatic carbocycles. The van der Waals surface area contributed by atoms with Gasteiger partial charge in [-0.25, -0.2) is 9.59 Å². The first-order valence-corrected chi connectivity index (χ1v) is 15.8. The van der Waals surface area contributed by atoms with Gasteiger partial charge in [0.1, 0.15) is 21.6 Å². The highest BCUT2D eigenvalue weighted by atomic mass is 35.5. The van der Waals surface area contributed by atoms with Crippen molar-refractivity contribution >= 4 is 46.7 Å². The summed E-state index contributed by atoms with van der Waals surface area (Å²) < 4.78 is 21.7. The average Bonchev–Trinajstić information content (AvgIpc) is 3.04. The number of hydrogen-bond donors (Lipinski definition) is 0. The minimum absolute atomic E-state index is 0.0961. The Morgan fingerprint density at radius 2 is 0.886 bits per heavy atom. The monoisotopic (exact) mass is 644 g/mol. The van der Waals surface area contributed by atoms with Gasteiger partial charge in [0, 0.05) is 0 Å². The maximum Gasteiger partial charge on any atom is 0.343 e. The molecule has 0 N–H and O–H groups in total. The van der Waals surface area contributed by atoms with Crippen molar-refractivity contribution in [2.45, 2.75) is 78.1 Å². The van der Waals surface area contributed by atoms with Crippen molar-refractivity contribution in [1.82, 2.24) is 0 Å². The number of unbranched alkanes of at least 4 members (excludes halogenated alkanes) is 8. The van der Waals surface area contributed by atoms with E-state index in [1.165, 1.54) is 49.9 Å². The van der Waals surface area contributed by atoms with Crippen molar-refractivity contribution in [2.75, 3.05) is 13.2 Å². The van der Waals surface area contributed by atoms with Gasteiger partial charge in [-0.3, -0.25) is 9.59 Å². The molecule has 2 aromatic rings. The first-order valence-electron chi connectivity index (χ1n) is 15.1. The van der Waals surface area contributed by atoms with Crippen molar-refractivity contribution in [1.29, 1.82) is 0 Å². The molecule has 1 aliphatic carbocycles. The predicted molar refractivity (Wildman–Crippen MR) is 168 cm³/mol. The fourth-order valence-corrected chi connectivity index (χ4v) is 4.68. The highest BCUT2D eigenvalue weighted by Gasteiger charge is 2.38. The third-order valence-electron chi connectivity index (χ3n) is 6.81. The van der Waals surface area contributed by atoms with E-state index in [1.807, 2.05) is 0 Å². The summed E-state index contributed by atoms with van der Waals surface area (Å²) in [5.41, 5.74) is 0.192. The Bertz CT molecular complexity index is 1260. The molecule has 0 amide bonds. The first kappa shape index (κ1) is 34.9. The molecule has 0 atom stereocenters. The second-order valence-corrected chi connectivity index (χ2v) is 11.1. The number of esters is 2. The lowest BCUT2D eigenvalue weighted by molar-refractivity contribution is -0.119. The van der Waals surface area contributed by atoms with Crippen molar-refractivity contribution in [3.63, 3.8) is 0 Å². The van der Waals surface area contributed by atoms with Gasteiger partial charge in [0.05, 0.1) is 24.3 Å². The molecule has 0 heterocycles. The zero-order valence-electron chi connectivity index (χ0n) is 25.1. The number of ketones is 2. The van der Waals surface area contributed by atoms with Gasteiger partial charge in [0.2, 0.25) is 23.1 Å². The van der Waals surface area contributed by atoms with Crippen molar-refractivity contribution in [3.8, 4) is 11.5 Å². The number of halogens is 2. The number of allylic oxidation sites excluding steroid dienone is 2. The maximum atomic E-state index is 12.9. The largest absolute Gasteiger partial charge is 0.494 e. The summed E-state index contributed by atoms with van der Waals surface area (Å²) in [6.45, 7) is 5.43. The molecule has 1 aliphatic rings. The van der Waals surface area contributed by atoms with E-state index in [0.717, 1.165) is 38.5 Å². The van der Waals surface area contributed by atoms with Crippen LogP contribution in [0.2, 0.25) is 0 Å². The Morgan fingerprint density at radius 3 is 1.23 bits per heavy atom. The molecular formula is C34H38Cl2O8. The Labute approximate surface area is 268 Å². The molecule has 0 unspecified atom stereocenters. The van der Waals surface area contributed by atoms with E-state index in [9.17, 15) is 19.2 Å². The summed E-state index contributed by atoms with van der Waals surface area (Å²) in [4.78, 5) is 51.2. The second kappa shape index (κ2) is 18.2. The Morgan fingerprint density at radius 1 is 0.545 bits per heavy atom. The van der Waals surface area contributed by atoms with Crippen LogP contribution >= 0.6 is 23.2 Å². The minimum Gasteiger partial charge on any atom is -0.494 e. The molecule has 0 aromatic heterocycles. The van der Waals surface area contributed by atoms with E-state index in [2.05, 4.69) is 13.8 Å². The van der Waals surface area contributed by atoms with E-state index in [0.29, 0.717) is 24.7 Å². The quantitative estimate of drug-likeness (QED) is 0.0904. The van der Waals surface area contributed by atoms with Crippen LogP contribution < -0.4 is 9.47 Å². The van der Waals surface area contributed by atoms with Gasteiger partial charge >= 0.3 is 11.9 Å². The lowest BCUT2D eigenvalue weighted by atomic mass is 10.1.